The van der Waals surface area contributed by atoms with E-state index in [-0.39, 0.29) is 9.79 Å². The highest BCUT2D eigenvalue weighted by Gasteiger charge is 2.19. The van der Waals surface area contributed by atoms with Gasteiger partial charge in [0.25, 0.3) is 0 Å². The van der Waals surface area contributed by atoms with E-state index in [1.54, 1.807) is 36.4 Å². The lowest BCUT2D eigenvalue weighted by molar-refractivity contribution is 0.476. The predicted molar refractivity (Wildman–Crippen MR) is 121 cm³/mol. The van der Waals surface area contributed by atoms with Gasteiger partial charge >= 0.3 is 0 Å². The van der Waals surface area contributed by atoms with Gasteiger partial charge in [0.15, 0.2) is 0 Å². The number of sulfone groups is 1. The summed E-state index contributed by atoms with van der Waals surface area (Å²) in [6, 6.07) is 28.2. The van der Waals surface area contributed by atoms with Gasteiger partial charge in [0.05, 0.1) is 9.79 Å². The molecular formula is C26H22O4S. The molecule has 0 spiro atoms. The number of hydrogen-bond donors (Lipinski definition) is 0. The van der Waals surface area contributed by atoms with Crippen molar-refractivity contribution in [1.82, 2.24) is 0 Å². The van der Waals surface area contributed by atoms with Crippen LogP contribution in [0.3, 0.4) is 0 Å². The van der Waals surface area contributed by atoms with Crippen LogP contribution in [0.4, 0.5) is 0 Å². The van der Waals surface area contributed by atoms with E-state index in [4.69, 9.17) is 9.47 Å². The third-order valence-corrected chi connectivity index (χ3v) is 6.62. The molecule has 0 aliphatic rings. The average molecular weight is 431 g/mol. The summed E-state index contributed by atoms with van der Waals surface area (Å²) in [4.78, 5) is 0.318. The lowest BCUT2D eigenvalue weighted by Gasteiger charge is -2.12. The topological polar surface area (TPSA) is 52.6 Å². The van der Waals surface area contributed by atoms with Crippen LogP contribution in [0.1, 0.15) is 11.1 Å². The van der Waals surface area contributed by atoms with Gasteiger partial charge in [-0.3, -0.25) is 0 Å². The molecule has 5 heteroatoms. The molecule has 0 amide bonds. The molecule has 31 heavy (non-hydrogen) atoms. The van der Waals surface area contributed by atoms with Crippen LogP contribution in [0.5, 0.6) is 23.0 Å². The Morgan fingerprint density at radius 2 is 0.968 bits per heavy atom. The Labute approximate surface area is 182 Å². The van der Waals surface area contributed by atoms with Crippen molar-refractivity contribution in [2.45, 2.75) is 23.6 Å². The third-order valence-electron chi connectivity index (χ3n) is 4.87. The van der Waals surface area contributed by atoms with Crippen molar-refractivity contribution in [1.29, 1.82) is 0 Å². The molecule has 0 atom stereocenters. The minimum absolute atomic E-state index is 0.159. The fourth-order valence-electron chi connectivity index (χ4n) is 3.14. The average Bonchev–Trinajstić information content (AvgIpc) is 2.77. The Morgan fingerprint density at radius 3 is 1.39 bits per heavy atom. The normalized spacial score (nSPS) is 11.2. The van der Waals surface area contributed by atoms with Gasteiger partial charge in [-0.2, -0.15) is 0 Å². The summed E-state index contributed by atoms with van der Waals surface area (Å²) in [5.74, 6) is 2.29. The fourth-order valence-corrected chi connectivity index (χ4v) is 4.47. The zero-order valence-corrected chi connectivity index (χ0v) is 18.1. The van der Waals surface area contributed by atoms with E-state index in [2.05, 4.69) is 0 Å². The number of aryl methyl sites for hydroxylation is 2. The number of hydrogen-bond acceptors (Lipinski definition) is 4. The monoisotopic (exact) mass is 430 g/mol. The first kappa shape index (κ1) is 20.7. The molecule has 0 heterocycles. The van der Waals surface area contributed by atoms with Crippen LogP contribution in [-0.2, 0) is 9.84 Å². The minimum atomic E-state index is -3.75. The molecule has 4 nitrogen and oxygen atoms in total. The summed E-state index contributed by atoms with van der Waals surface area (Å²) in [5.41, 5.74) is 1.94. The first-order chi connectivity index (χ1) is 14.9. The summed E-state index contributed by atoms with van der Waals surface area (Å²) < 4.78 is 38.3. The van der Waals surface area contributed by atoms with Crippen LogP contribution in [0.2, 0.25) is 0 Å². The smallest absolute Gasteiger partial charge is 0.206 e. The van der Waals surface area contributed by atoms with Gasteiger partial charge in [-0.1, -0.05) is 48.5 Å². The summed E-state index contributed by atoms with van der Waals surface area (Å²) in [6.07, 6.45) is 0. The van der Waals surface area contributed by atoms with Crippen LogP contribution in [0.25, 0.3) is 0 Å². The second kappa shape index (κ2) is 8.66. The third kappa shape index (κ3) is 4.62. The molecule has 0 aliphatic carbocycles. The molecule has 0 saturated heterocycles. The van der Waals surface area contributed by atoms with Crippen molar-refractivity contribution >= 4 is 9.84 Å². The van der Waals surface area contributed by atoms with E-state index in [1.807, 2.05) is 62.4 Å². The maximum absolute atomic E-state index is 13.3. The standard InChI is InChI=1S/C26H22O4S/c1-19-9-3-5-15-25(19)29-21-11-7-13-23(17-21)31(27,28)24-14-8-12-22(18-24)30-26-16-6-4-10-20(26)2/h3-18H,1-2H3. The second-order valence-corrected chi connectivity index (χ2v) is 9.14. The number of benzene rings is 4. The van der Waals surface area contributed by atoms with E-state index in [0.29, 0.717) is 23.0 Å². The van der Waals surface area contributed by atoms with Crippen molar-refractivity contribution < 1.29 is 17.9 Å². The first-order valence-electron chi connectivity index (χ1n) is 9.86. The van der Waals surface area contributed by atoms with Crippen LogP contribution in [0, 0.1) is 13.8 Å². The van der Waals surface area contributed by atoms with E-state index in [9.17, 15) is 8.42 Å². The zero-order valence-electron chi connectivity index (χ0n) is 17.3. The number of para-hydroxylation sites is 2. The minimum Gasteiger partial charge on any atom is -0.457 e. The molecule has 0 bridgehead atoms. The van der Waals surface area contributed by atoms with Gasteiger partial charge in [-0.15, -0.1) is 0 Å². The van der Waals surface area contributed by atoms with Crippen LogP contribution in [-0.4, -0.2) is 8.42 Å². The van der Waals surface area contributed by atoms with Gasteiger partial charge in [-0.05, 0) is 73.5 Å². The summed E-state index contributed by atoms with van der Waals surface area (Å²) in [5, 5.41) is 0. The zero-order chi connectivity index (χ0) is 21.8. The van der Waals surface area contributed by atoms with E-state index in [0.717, 1.165) is 11.1 Å². The lowest BCUT2D eigenvalue weighted by atomic mass is 10.2. The van der Waals surface area contributed by atoms with Crippen molar-refractivity contribution in [3.8, 4) is 23.0 Å². The Balaban J connectivity index is 1.63. The first-order valence-corrected chi connectivity index (χ1v) is 11.3. The fraction of sp³-hybridized carbons (Fsp3) is 0.0769. The molecule has 0 saturated carbocycles. The quantitative estimate of drug-likeness (QED) is 0.341. The van der Waals surface area contributed by atoms with E-state index >= 15 is 0 Å². The molecule has 4 rings (SSSR count). The SMILES string of the molecule is Cc1ccccc1Oc1cccc(S(=O)(=O)c2cccc(Oc3ccccc3C)c2)c1. The van der Waals surface area contributed by atoms with Crippen LogP contribution in [0.15, 0.2) is 107 Å². The van der Waals surface area contributed by atoms with Gasteiger partial charge in [0.1, 0.15) is 23.0 Å². The largest absolute Gasteiger partial charge is 0.457 e. The Morgan fingerprint density at radius 1 is 0.548 bits per heavy atom. The van der Waals surface area contributed by atoms with Gasteiger partial charge in [-0.25, -0.2) is 8.42 Å². The maximum atomic E-state index is 13.3. The molecule has 4 aromatic carbocycles. The molecule has 4 aromatic rings. The summed E-state index contributed by atoms with van der Waals surface area (Å²) in [7, 11) is -3.75. The van der Waals surface area contributed by atoms with Crippen LogP contribution >= 0.6 is 0 Å². The summed E-state index contributed by atoms with van der Waals surface area (Å²) in [6.45, 7) is 3.88. The van der Waals surface area contributed by atoms with Gasteiger partial charge in [0, 0.05) is 0 Å². The van der Waals surface area contributed by atoms with Crippen molar-refractivity contribution in [3.63, 3.8) is 0 Å². The molecular weight excluding hydrogens is 408 g/mol. The highest BCUT2D eigenvalue weighted by molar-refractivity contribution is 7.91. The van der Waals surface area contributed by atoms with Crippen molar-refractivity contribution in [2.75, 3.05) is 0 Å². The highest BCUT2D eigenvalue weighted by atomic mass is 32.2. The van der Waals surface area contributed by atoms with Crippen molar-refractivity contribution in [3.05, 3.63) is 108 Å². The number of rotatable bonds is 6. The molecule has 0 unspecified atom stereocenters. The Kier molecular flexibility index (Phi) is 5.78. The molecule has 0 N–H and O–H groups in total. The van der Waals surface area contributed by atoms with Gasteiger partial charge in [0.2, 0.25) is 9.84 Å². The molecule has 156 valence electrons. The maximum Gasteiger partial charge on any atom is 0.206 e. The number of ether oxygens (including phenoxy) is 2. The molecule has 0 radical (unpaired) electrons. The van der Waals surface area contributed by atoms with E-state index < -0.39 is 9.84 Å². The Bertz CT molecular complexity index is 1230. The highest BCUT2D eigenvalue weighted by Crippen LogP contribution is 2.31. The van der Waals surface area contributed by atoms with Crippen LogP contribution < -0.4 is 9.47 Å². The van der Waals surface area contributed by atoms with Gasteiger partial charge < -0.3 is 9.47 Å². The molecule has 0 aromatic heterocycles. The summed E-state index contributed by atoms with van der Waals surface area (Å²) >= 11 is 0. The molecule has 0 aliphatic heterocycles. The predicted octanol–water partition coefficient (Wildman–Crippen LogP) is 6.72. The molecule has 0 fully saturated rings. The second-order valence-electron chi connectivity index (χ2n) is 7.19. The Hall–Kier alpha value is -3.57. The van der Waals surface area contributed by atoms with Crippen molar-refractivity contribution in [2.24, 2.45) is 0 Å². The lowest BCUT2D eigenvalue weighted by Crippen LogP contribution is -2.02. The van der Waals surface area contributed by atoms with E-state index in [1.165, 1.54) is 12.1 Å².